The number of rotatable bonds is 4. The summed E-state index contributed by atoms with van der Waals surface area (Å²) in [6, 6.07) is 0. The summed E-state index contributed by atoms with van der Waals surface area (Å²) in [6.07, 6.45) is 0. The van der Waals surface area contributed by atoms with Crippen LogP contribution in [-0.4, -0.2) is 67.0 Å². The molecule has 0 saturated carbocycles. The van der Waals surface area contributed by atoms with E-state index < -0.39 is 37.7 Å². The molecule has 0 bridgehead atoms. The van der Waals surface area contributed by atoms with Gasteiger partial charge < -0.3 is 0 Å². The van der Waals surface area contributed by atoms with E-state index in [0.29, 0.717) is 0 Å². The predicted molar refractivity (Wildman–Crippen MR) is 49.1 cm³/mol. The fourth-order valence-corrected chi connectivity index (χ4v) is 2.59. The van der Waals surface area contributed by atoms with Gasteiger partial charge >= 0.3 is 29.6 Å². The zero-order valence-electron chi connectivity index (χ0n) is 6.34. The molecule has 0 aliphatic carbocycles. The van der Waals surface area contributed by atoms with Crippen LogP contribution in [0.5, 0.6) is 0 Å². The van der Waals surface area contributed by atoms with Crippen molar-refractivity contribution in [3.05, 3.63) is 0 Å². The van der Waals surface area contributed by atoms with Crippen LogP contribution in [-0.2, 0) is 20.2 Å². The molecule has 0 aromatic rings. The van der Waals surface area contributed by atoms with Crippen molar-refractivity contribution in [1.82, 2.24) is 0 Å². The summed E-state index contributed by atoms with van der Waals surface area (Å²) < 4.78 is 57.4. The van der Waals surface area contributed by atoms with Crippen molar-refractivity contribution in [2.45, 2.75) is 6.92 Å². The van der Waals surface area contributed by atoms with Crippen LogP contribution < -0.4 is 0 Å². The fraction of sp³-hybridized carbons (Fsp3) is 1.00. The molecule has 0 radical (unpaired) electrons. The van der Waals surface area contributed by atoms with Gasteiger partial charge in [-0.25, -0.2) is 0 Å². The topological polar surface area (TPSA) is 109 Å². The zero-order chi connectivity index (χ0) is 9.99. The molecule has 0 heterocycles. The first-order chi connectivity index (χ1) is 5.10. The van der Waals surface area contributed by atoms with Crippen molar-refractivity contribution in [2.75, 3.05) is 11.5 Å². The first-order valence-electron chi connectivity index (χ1n) is 3.00. The third-order valence-electron chi connectivity index (χ3n) is 0.990. The van der Waals surface area contributed by atoms with Crippen molar-refractivity contribution in [2.24, 2.45) is 5.92 Å². The van der Waals surface area contributed by atoms with E-state index in [1.165, 1.54) is 6.92 Å². The van der Waals surface area contributed by atoms with E-state index in [0.717, 1.165) is 0 Å². The van der Waals surface area contributed by atoms with Crippen molar-refractivity contribution < 1.29 is 25.9 Å². The molecule has 0 unspecified atom stereocenters. The molecule has 0 saturated heterocycles. The van der Waals surface area contributed by atoms with E-state index in [4.69, 9.17) is 9.11 Å². The fourth-order valence-electron chi connectivity index (χ4n) is 0.767. The summed E-state index contributed by atoms with van der Waals surface area (Å²) >= 11 is 0. The van der Waals surface area contributed by atoms with Gasteiger partial charge in [0.25, 0.3) is 20.2 Å². The molecule has 0 aromatic heterocycles. The quantitative estimate of drug-likeness (QED) is 0.471. The molecule has 0 aromatic carbocycles. The molecule has 0 aliphatic heterocycles. The number of hydrogen-bond donors (Lipinski definition) is 2. The van der Waals surface area contributed by atoms with Crippen LogP contribution in [0, 0.1) is 5.92 Å². The molecule has 13 heavy (non-hydrogen) atoms. The standard InChI is InChI=1S/C4H10O6S2.Na.H/c1-4(2-11(5,6)7)3-12(8,9)10;;/h4H,2-3H2,1H3,(H,5,6,7)(H,8,9,10);;. The first-order valence-corrected chi connectivity index (χ1v) is 6.22. The Hall–Kier alpha value is 0.820. The van der Waals surface area contributed by atoms with E-state index in [9.17, 15) is 16.8 Å². The van der Waals surface area contributed by atoms with Gasteiger partial charge in [0.15, 0.2) is 0 Å². The monoisotopic (exact) mass is 242 g/mol. The molecule has 0 fully saturated rings. The van der Waals surface area contributed by atoms with Gasteiger partial charge in [-0.2, -0.15) is 16.8 Å². The van der Waals surface area contributed by atoms with Gasteiger partial charge in [0, 0.05) is 0 Å². The average molecular weight is 242 g/mol. The third-order valence-corrected chi connectivity index (χ3v) is 2.97. The zero-order valence-corrected chi connectivity index (χ0v) is 7.97. The van der Waals surface area contributed by atoms with Crippen molar-refractivity contribution in [1.29, 1.82) is 0 Å². The Labute approximate surface area is 99.5 Å². The summed E-state index contributed by atoms with van der Waals surface area (Å²) in [6.45, 7) is 1.29. The first kappa shape index (κ1) is 16.3. The second-order valence-electron chi connectivity index (χ2n) is 2.60. The number of hydrogen-bond acceptors (Lipinski definition) is 4. The minimum absolute atomic E-state index is 0. The molecule has 0 amide bonds. The van der Waals surface area contributed by atoms with Crippen LogP contribution in [0.4, 0.5) is 0 Å². The van der Waals surface area contributed by atoms with E-state index in [-0.39, 0.29) is 29.6 Å². The SMILES string of the molecule is CC(CS(=O)(=O)O)CS(=O)(=O)O.[NaH]. The minimum atomic E-state index is -4.17. The third kappa shape index (κ3) is 12.8. The Morgan fingerprint density at radius 3 is 1.38 bits per heavy atom. The van der Waals surface area contributed by atoms with E-state index in [2.05, 4.69) is 0 Å². The molecule has 2 N–H and O–H groups in total. The summed E-state index contributed by atoms with van der Waals surface area (Å²) in [5, 5.41) is 0. The molecule has 0 spiro atoms. The van der Waals surface area contributed by atoms with Crippen molar-refractivity contribution in [3.8, 4) is 0 Å². The van der Waals surface area contributed by atoms with Crippen LogP contribution in [0.3, 0.4) is 0 Å². The molecule has 6 nitrogen and oxygen atoms in total. The van der Waals surface area contributed by atoms with Crippen LogP contribution in [0.2, 0.25) is 0 Å². The van der Waals surface area contributed by atoms with Gasteiger partial charge in [-0.1, -0.05) is 6.92 Å². The Morgan fingerprint density at radius 1 is 1.00 bits per heavy atom. The Bertz CT molecular complexity index is 296. The van der Waals surface area contributed by atoms with E-state index in [1.807, 2.05) is 0 Å². The summed E-state index contributed by atoms with van der Waals surface area (Å²) in [5.74, 6) is -2.17. The molecule has 0 rings (SSSR count). The molecule has 76 valence electrons. The van der Waals surface area contributed by atoms with Crippen molar-refractivity contribution >= 4 is 49.8 Å². The van der Waals surface area contributed by atoms with Gasteiger partial charge in [0.1, 0.15) is 0 Å². The predicted octanol–water partition coefficient (Wildman–Crippen LogP) is -1.25. The van der Waals surface area contributed by atoms with Gasteiger partial charge in [0.2, 0.25) is 0 Å². The Morgan fingerprint density at radius 2 is 1.23 bits per heavy atom. The normalized spacial score (nSPS) is 12.6. The molecule has 0 atom stereocenters. The summed E-state index contributed by atoms with van der Waals surface area (Å²) in [4.78, 5) is 0. The van der Waals surface area contributed by atoms with Crippen LogP contribution in [0.1, 0.15) is 6.92 Å². The van der Waals surface area contributed by atoms with Gasteiger partial charge in [-0.15, -0.1) is 0 Å². The van der Waals surface area contributed by atoms with Crippen LogP contribution in [0.25, 0.3) is 0 Å². The second-order valence-corrected chi connectivity index (χ2v) is 5.60. The van der Waals surface area contributed by atoms with E-state index >= 15 is 0 Å². The second kappa shape index (κ2) is 5.64. The summed E-state index contributed by atoms with van der Waals surface area (Å²) in [5.41, 5.74) is 0. The van der Waals surface area contributed by atoms with Gasteiger partial charge in [-0.3, -0.25) is 9.11 Å². The molecular formula is C4H11NaO6S2. The van der Waals surface area contributed by atoms with Crippen LogP contribution in [0.15, 0.2) is 0 Å². The Balaban J connectivity index is 0. The maximum atomic E-state index is 10.2. The van der Waals surface area contributed by atoms with Gasteiger partial charge in [-0.05, 0) is 5.92 Å². The average Bonchev–Trinajstić information content (AvgIpc) is 1.49. The Kier molecular flexibility index (Phi) is 7.05. The van der Waals surface area contributed by atoms with E-state index in [1.54, 1.807) is 0 Å². The maximum absolute atomic E-state index is 10.2. The molecule has 9 heteroatoms. The van der Waals surface area contributed by atoms with Crippen LogP contribution >= 0.6 is 0 Å². The van der Waals surface area contributed by atoms with Crippen molar-refractivity contribution in [3.63, 3.8) is 0 Å². The van der Waals surface area contributed by atoms with Gasteiger partial charge in [0.05, 0.1) is 11.5 Å². The molecule has 0 aliphatic rings. The molecular weight excluding hydrogens is 231 g/mol. The summed E-state index contributed by atoms with van der Waals surface area (Å²) in [7, 11) is -8.34.